The Kier molecular flexibility index (Phi) is 5.45. The number of benzene rings is 1. The van der Waals surface area contributed by atoms with Crippen molar-refractivity contribution in [1.29, 1.82) is 0 Å². The molecule has 0 atom stereocenters. The first-order valence-corrected chi connectivity index (χ1v) is 7.68. The second-order valence-electron chi connectivity index (χ2n) is 5.13. The number of allylic oxidation sites excluding steroid dienone is 1. The van der Waals surface area contributed by atoms with E-state index in [-0.39, 0.29) is 0 Å². The van der Waals surface area contributed by atoms with Crippen LogP contribution in [0, 0.1) is 6.92 Å². The minimum atomic E-state index is 0.953. The Hall–Kier alpha value is -0.600. The van der Waals surface area contributed by atoms with Gasteiger partial charge >= 0.3 is 0 Å². The number of halogens is 1. The summed E-state index contributed by atoms with van der Waals surface area (Å²) in [7, 11) is 0. The summed E-state index contributed by atoms with van der Waals surface area (Å²) in [6, 6.07) is 6.55. The molecular formula is C16H22BrN. The topological polar surface area (TPSA) is 12.0 Å². The first-order valence-electron chi connectivity index (χ1n) is 6.89. The van der Waals surface area contributed by atoms with Crippen molar-refractivity contribution < 1.29 is 0 Å². The molecule has 98 valence electrons. The van der Waals surface area contributed by atoms with Crippen molar-refractivity contribution in [3.63, 3.8) is 0 Å². The van der Waals surface area contributed by atoms with E-state index in [1.165, 1.54) is 47.7 Å². The molecule has 2 heteroatoms. The van der Waals surface area contributed by atoms with E-state index < -0.39 is 0 Å². The van der Waals surface area contributed by atoms with Gasteiger partial charge < -0.3 is 5.32 Å². The lowest BCUT2D eigenvalue weighted by molar-refractivity contribution is 0.632. The van der Waals surface area contributed by atoms with Crippen LogP contribution in [0.1, 0.15) is 43.2 Å². The summed E-state index contributed by atoms with van der Waals surface area (Å²) >= 11 is 3.62. The largest absolute Gasteiger partial charge is 0.312 e. The van der Waals surface area contributed by atoms with Crippen LogP contribution in [0.15, 0.2) is 34.3 Å². The molecule has 0 heterocycles. The van der Waals surface area contributed by atoms with E-state index in [0.717, 1.165) is 13.1 Å². The van der Waals surface area contributed by atoms with Crippen LogP contribution in [0.5, 0.6) is 0 Å². The van der Waals surface area contributed by atoms with Crippen LogP contribution in [0.2, 0.25) is 0 Å². The fourth-order valence-corrected chi connectivity index (χ4v) is 3.03. The second-order valence-corrected chi connectivity index (χ2v) is 5.98. The van der Waals surface area contributed by atoms with Crippen LogP contribution >= 0.6 is 15.9 Å². The molecule has 0 unspecified atom stereocenters. The van der Waals surface area contributed by atoms with Gasteiger partial charge in [-0.25, -0.2) is 0 Å². The van der Waals surface area contributed by atoms with Gasteiger partial charge in [0, 0.05) is 11.0 Å². The third-order valence-electron chi connectivity index (χ3n) is 3.53. The molecule has 1 aromatic rings. The second kappa shape index (κ2) is 7.10. The summed E-state index contributed by atoms with van der Waals surface area (Å²) < 4.78 is 1.21. The van der Waals surface area contributed by atoms with Gasteiger partial charge in [0.25, 0.3) is 0 Å². The summed E-state index contributed by atoms with van der Waals surface area (Å²) in [5.74, 6) is 0. The van der Waals surface area contributed by atoms with Gasteiger partial charge in [-0.3, -0.25) is 0 Å². The Balaban J connectivity index is 1.73. The molecule has 0 bridgehead atoms. The van der Waals surface area contributed by atoms with Crippen molar-refractivity contribution in [3.05, 3.63) is 45.4 Å². The summed E-state index contributed by atoms with van der Waals surface area (Å²) in [5, 5.41) is 3.54. The number of aryl methyl sites for hydroxylation is 1. The highest BCUT2D eigenvalue weighted by atomic mass is 79.9. The molecule has 0 amide bonds. The van der Waals surface area contributed by atoms with Crippen molar-refractivity contribution in [2.45, 2.75) is 45.6 Å². The maximum Gasteiger partial charge on any atom is 0.0222 e. The fourth-order valence-electron chi connectivity index (χ4n) is 2.40. The molecule has 1 nitrogen and oxygen atoms in total. The van der Waals surface area contributed by atoms with Gasteiger partial charge in [-0.2, -0.15) is 0 Å². The third-order valence-corrected chi connectivity index (χ3v) is 4.27. The van der Waals surface area contributed by atoms with Gasteiger partial charge in [0.1, 0.15) is 0 Å². The Labute approximate surface area is 119 Å². The minimum absolute atomic E-state index is 0.953. The molecule has 0 saturated heterocycles. The Morgan fingerprint density at radius 1 is 1.28 bits per heavy atom. The number of hydrogen-bond donors (Lipinski definition) is 1. The summed E-state index contributed by atoms with van der Waals surface area (Å²) in [6.07, 6.45) is 9.02. The van der Waals surface area contributed by atoms with Crippen LogP contribution in [-0.4, -0.2) is 6.54 Å². The van der Waals surface area contributed by atoms with Gasteiger partial charge in [0.05, 0.1) is 0 Å². The first-order chi connectivity index (χ1) is 8.75. The quantitative estimate of drug-likeness (QED) is 0.612. The SMILES string of the molecule is Cc1ccc(CNCCC2=CCCCC2)c(Br)c1. The molecule has 1 aliphatic carbocycles. The van der Waals surface area contributed by atoms with Crippen molar-refractivity contribution in [3.8, 4) is 0 Å². The van der Waals surface area contributed by atoms with Crippen LogP contribution in [0.3, 0.4) is 0 Å². The van der Waals surface area contributed by atoms with Gasteiger partial charge in [-0.05, 0) is 62.8 Å². The molecule has 0 saturated carbocycles. The Morgan fingerprint density at radius 3 is 2.89 bits per heavy atom. The average molecular weight is 308 g/mol. The van der Waals surface area contributed by atoms with Gasteiger partial charge in [0.2, 0.25) is 0 Å². The molecule has 1 aromatic carbocycles. The maximum atomic E-state index is 3.62. The zero-order valence-corrected chi connectivity index (χ0v) is 12.7. The van der Waals surface area contributed by atoms with E-state index in [1.807, 2.05) is 0 Å². The van der Waals surface area contributed by atoms with Crippen molar-refractivity contribution in [2.24, 2.45) is 0 Å². The summed E-state index contributed by atoms with van der Waals surface area (Å²) in [6.45, 7) is 4.16. The molecule has 0 radical (unpaired) electrons. The maximum absolute atomic E-state index is 3.62. The standard InChI is InChI=1S/C16H22BrN/c1-13-7-8-15(16(17)11-13)12-18-10-9-14-5-3-2-4-6-14/h5,7-8,11,18H,2-4,6,9-10,12H2,1H3. The number of nitrogens with one attached hydrogen (secondary N) is 1. The highest BCUT2D eigenvalue weighted by Gasteiger charge is 2.03. The first kappa shape index (κ1) is 13.8. The molecule has 18 heavy (non-hydrogen) atoms. The summed E-state index contributed by atoms with van der Waals surface area (Å²) in [4.78, 5) is 0. The smallest absolute Gasteiger partial charge is 0.0222 e. The van der Waals surface area contributed by atoms with Crippen molar-refractivity contribution in [1.82, 2.24) is 5.32 Å². The van der Waals surface area contributed by atoms with Crippen molar-refractivity contribution in [2.75, 3.05) is 6.54 Å². The minimum Gasteiger partial charge on any atom is -0.312 e. The molecule has 1 N–H and O–H groups in total. The van der Waals surface area contributed by atoms with E-state index in [9.17, 15) is 0 Å². The average Bonchev–Trinajstić information content (AvgIpc) is 2.38. The molecular weight excluding hydrogens is 286 g/mol. The zero-order valence-electron chi connectivity index (χ0n) is 11.1. The van der Waals surface area contributed by atoms with E-state index in [1.54, 1.807) is 5.57 Å². The van der Waals surface area contributed by atoms with E-state index in [2.05, 4.69) is 52.4 Å². The van der Waals surface area contributed by atoms with Gasteiger partial charge in [-0.15, -0.1) is 0 Å². The van der Waals surface area contributed by atoms with E-state index in [0.29, 0.717) is 0 Å². The highest BCUT2D eigenvalue weighted by molar-refractivity contribution is 9.10. The fraction of sp³-hybridized carbons (Fsp3) is 0.500. The predicted octanol–water partition coefficient (Wildman–Crippen LogP) is 4.74. The molecule has 0 spiro atoms. The lowest BCUT2D eigenvalue weighted by Gasteiger charge is -2.13. The van der Waals surface area contributed by atoms with E-state index >= 15 is 0 Å². The molecule has 0 fully saturated rings. The Morgan fingerprint density at radius 2 is 2.17 bits per heavy atom. The van der Waals surface area contributed by atoms with Crippen LogP contribution in [0.25, 0.3) is 0 Å². The molecule has 1 aliphatic rings. The van der Waals surface area contributed by atoms with Gasteiger partial charge in [0.15, 0.2) is 0 Å². The van der Waals surface area contributed by atoms with Crippen LogP contribution in [0.4, 0.5) is 0 Å². The van der Waals surface area contributed by atoms with Crippen molar-refractivity contribution >= 4 is 15.9 Å². The predicted molar refractivity (Wildman–Crippen MR) is 81.8 cm³/mol. The molecule has 0 aliphatic heterocycles. The highest BCUT2D eigenvalue weighted by Crippen LogP contribution is 2.20. The number of hydrogen-bond acceptors (Lipinski definition) is 1. The zero-order chi connectivity index (χ0) is 12.8. The summed E-state index contributed by atoms with van der Waals surface area (Å²) in [5.41, 5.74) is 4.30. The monoisotopic (exact) mass is 307 g/mol. The van der Waals surface area contributed by atoms with Gasteiger partial charge in [-0.1, -0.05) is 39.7 Å². The third kappa shape index (κ3) is 4.25. The number of rotatable bonds is 5. The van der Waals surface area contributed by atoms with Crippen LogP contribution < -0.4 is 5.32 Å². The Bertz CT molecular complexity index is 423. The van der Waals surface area contributed by atoms with E-state index in [4.69, 9.17) is 0 Å². The normalized spacial score (nSPS) is 15.6. The lowest BCUT2D eigenvalue weighted by atomic mass is 9.97. The van der Waals surface area contributed by atoms with Crippen LogP contribution in [-0.2, 0) is 6.54 Å². The molecule has 2 rings (SSSR count). The lowest BCUT2D eigenvalue weighted by Crippen LogP contribution is -2.16. The molecule has 0 aromatic heterocycles.